The Morgan fingerprint density at radius 2 is 1.71 bits per heavy atom. The van der Waals surface area contributed by atoms with Crippen molar-refractivity contribution in [3.8, 4) is 0 Å². The van der Waals surface area contributed by atoms with Crippen molar-refractivity contribution >= 4 is 15.7 Å². The summed E-state index contributed by atoms with van der Waals surface area (Å²) in [6.45, 7) is 0.543. The molecule has 0 spiro atoms. The smallest absolute Gasteiger partial charge is 0.231 e. The third-order valence-electron chi connectivity index (χ3n) is 6.32. The minimum absolute atomic E-state index is 0.0708. The Morgan fingerprint density at radius 3 is 2.36 bits per heavy atom. The molecule has 1 aromatic carbocycles. The summed E-state index contributed by atoms with van der Waals surface area (Å²) >= 11 is 0. The lowest BCUT2D eigenvalue weighted by Gasteiger charge is -2.37. The highest BCUT2D eigenvalue weighted by Crippen LogP contribution is 2.40. The molecule has 4 rings (SSSR count). The molecule has 8 heteroatoms. The first-order valence-corrected chi connectivity index (χ1v) is 11.7. The summed E-state index contributed by atoms with van der Waals surface area (Å²) in [6, 6.07) is 6.42. The van der Waals surface area contributed by atoms with Gasteiger partial charge in [0, 0.05) is 6.26 Å². The summed E-state index contributed by atoms with van der Waals surface area (Å²) in [6.07, 6.45) is 4.24. The molecule has 0 radical (unpaired) electrons. The van der Waals surface area contributed by atoms with Gasteiger partial charge in [-0.1, -0.05) is 31.4 Å². The van der Waals surface area contributed by atoms with E-state index < -0.39 is 21.4 Å². The molecule has 0 bridgehead atoms. The standard InChI is InChI=1S/C20H27NO6S/c1-28(24,25)14-7-5-13(6-8-14)20(9-3-2-4-10-20)19(23)21-15-11-26-18-16(22)12-27-17(15)18/h5-8,15-18,22H,2-4,9-12H2,1H3,(H,21,23)/t15-,16+,17+,18+/m0/s1. The van der Waals surface area contributed by atoms with E-state index in [1.54, 1.807) is 24.3 Å². The zero-order valence-electron chi connectivity index (χ0n) is 16.0. The molecule has 2 saturated heterocycles. The predicted octanol–water partition coefficient (Wildman–Crippen LogP) is 0.935. The summed E-state index contributed by atoms with van der Waals surface area (Å²) < 4.78 is 34.8. The van der Waals surface area contributed by atoms with Gasteiger partial charge in [0.1, 0.15) is 18.3 Å². The van der Waals surface area contributed by atoms with Crippen molar-refractivity contribution in [1.29, 1.82) is 0 Å². The molecule has 1 aliphatic carbocycles. The van der Waals surface area contributed by atoms with E-state index in [1.807, 2.05) is 0 Å². The van der Waals surface area contributed by atoms with Crippen LogP contribution in [-0.2, 0) is 29.5 Å². The van der Waals surface area contributed by atoms with Crippen molar-refractivity contribution in [2.75, 3.05) is 19.5 Å². The number of aliphatic hydroxyl groups excluding tert-OH is 1. The number of rotatable bonds is 4. The van der Waals surface area contributed by atoms with Gasteiger partial charge in [0.25, 0.3) is 0 Å². The largest absolute Gasteiger partial charge is 0.388 e. The van der Waals surface area contributed by atoms with Gasteiger partial charge < -0.3 is 19.9 Å². The summed E-state index contributed by atoms with van der Waals surface area (Å²) in [7, 11) is -3.28. The Morgan fingerprint density at radius 1 is 1.07 bits per heavy atom. The maximum absolute atomic E-state index is 13.4. The number of ether oxygens (including phenoxy) is 2. The lowest BCUT2D eigenvalue weighted by Crippen LogP contribution is -2.52. The van der Waals surface area contributed by atoms with Gasteiger partial charge in [0.2, 0.25) is 5.91 Å². The molecule has 4 atom stereocenters. The fraction of sp³-hybridized carbons (Fsp3) is 0.650. The monoisotopic (exact) mass is 409 g/mol. The van der Waals surface area contributed by atoms with Crippen LogP contribution in [0.1, 0.15) is 37.7 Å². The summed E-state index contributed by atoms with van der Waals surface area (Å²) in [5.41, 5.74) is 0.170. The van der Waals surface area contributed by atoms with Crippen LogP contribution in [0, 0.1) is 0 Å². The normalized spacial score (nSPS) is 32.1. The summed E-state index contributed by atoms with van der Waals surface area (Å²) in [5, 5.41) is 13.0. The Labute approximate surface area is 165 Å². The number of sulfone groups is 1. The Hall–Kier alpha value is -1.48. The SMILES string of the molecule is CS(=O)(=O)c1ccc(C2(C(=O)N[C@H]3CO[C@H]4[C@@H]3OC[C@H]4O)CCCCC2)cc1. The molecule has 1 amide bonds. The van der Waals surface area contributed by atoms with E-state index in [1.165, 1.54) is 6.26 Å². The van der Waals surface area contributed by atoms with Crippen LogP contribution in [0.3, 0.4) is 0 Å². The highest BCUT2D eigenvalue weighted by atomic mass is 32.2. The first-order valence-electron chi connectivity index (χ1n) is 9.84. The summed E-state index contributed by atoms with van der Waals surface area (Å²) in [5.74, 6) is -0.0708. The zero-order valence-corrected chi connectivity index (χ0v) is 16.8. The van der Waals surface area contributed by atoms with Crippen molar-refractivity contribution in [3.05, 3.63) is 29.8 Å². The second-order valence-corrected chi connectivity index (χ2v) is 10.2. The molecule has 3 fully saturated rings. The van der Waals surface area contributed by atoms with Gasteiger partial charge >= 0.3 is 0 Å². The first kappa shape index (κ1) is 19.8. The quantitative estimate of drug-likeness (QED) is 0.767. The number of benzene rings is 1. The van der Waals surface area contributed by atoms with Gasteiger partial charge in [0.05, 0.1) is 29.6 Å². The second-order valence-electron chi connectivity index (χ2n) is 8.18. The fourth-order valence-corrected chi connectivity index (χ4v) is 5.36. The van der Waals surface area contributed by atoms with Crippen LogP contribution in [0.25, 0.3) is 0 Å². The van der Waals surface area contributed by atoms with E-state index in [0.29, 0.717) is 6.61 Å². The number of carbonyl (C=O) groups is 1. The average Bonchev–Trinajstić information content (AvgIpc) is 3.25. The average molecular weight is 410 g/mol. The molecule has 1 saturated carbocycles. The molecule has 7 nitrogen and oxygen atoms in total. The molecule has 0 unspecified atom stereocenters. The van der Waals surface area contributed by atoms with Crippen LogP contribution in [-0.4, -0.2) is 63.3 Å². The van der Waals surface area contributed by atoms with Crippen molar-refractivity contribution in [2.24, 2.45) is 0 Å². The predicted molar refractivity (Wildman–Crippen MR) is 102 cm³/mol. The number of aliphatic hydroxyl groups is 1. The topological polar surface area (TPSA) is 102 Å². The molecule has 0 aromatic heterocycles. The van der Waals surface area contributed by atoms with Gasteiger partial charge in [0.15, 0.2) is 9.84 Å². The Balaban J connectivity index is 1.58. The lowest BCUT2D eigenvalue weighted by atomic mass is 9.68. The Bertz CT molecular complexity index is 831. The first-order chi connectivity index (χ1) is 13.3. The molecular formula is C20H27NO6S. The third kappa shape index (κ3) is 3.47. The van der Waals surface area contributed by atoms with Crippen LogP contribution in [0.2, 0.25) is 0 Å². The number of hydrogen-bond donors (Lipinski definition) is 2. The molecule has 3 aliphatic rings. The van der Waals surface area contributed by atoms with Crippen LogP contribution in [0.15, 0.2) is 29.2 Å². The van der Waals surface area contributed by atoms with Crippen LogP contribution < -0.4 is 5.32 Å². The molecular weight excluding hydrogens is 382 g/mol. The van der Waals surface area contributed by atoms with Gasteiger partial charge in [-0.3, -0.25) is 4.79 Å². The maximum atomic E-state index is 13.4. The molecule has 28 heavy (non-hydrogen) atoms. The van der Waals surface area contributed by atoms with Crippen molar-refractivity contribution in [2.45, 2.75) is 66.8 Å². The molecule has 1 aromatic rings. The van der Waals surface area contributed by atoms with E-state index in [4.69, 9.17) is 9.47 Å². The van der Waals surface area contributed by atoms with Crippen LogP contribution in [0.4, 0.5) is 0 Å². The third-order valence-corrected chi connectivity index (χ3v) is 7.45. The number of hydrogen-bond acceptors (Lipinski definition) is 6. The minimum Gasteiger partial charge on any atom is -0.388 e. The van der Waals surface area contributed by atoms with Crippen LogP contribution >= 0.6 is 0 Å². The Kier molecular flexibility index (Phi) is 5.24. The van der Waals surface area contributed by atoms with E-state index in [2.05, 4.69) is 5.32 Å². The summed E-state index contributed by atoms with van der Waals surface area (Å²) in [4.78, 5) is 13.7. The van der Waals surface area contributed by atoms with Gasteiger partial charge in [-0.05, 0) is 30.5 Å². The highest BCUT2D eigenvalue weighted by molar-refractivity contribution is 7.90. The van der Waals surface area contributed by atoms with Gasteiger partial charge in [-0.2, -0.15) is 0 Å². The number of amides is 1. The fourth-order valence-electron chi connectivity index (χ4n) is 4.73. The van der Waals surface area contributed by atoms with Crippen molar-refractivity contribution < 1.29 is 27.8 Å². The van der Waals surface area contributed by atoms with E-state index >= 15 is 0 Å². The second kappa shape index (κ2) is 7.40. The van der Waals surface area contributed by atoms with Gasteiger partial charge in [-0.25, -0.2) is 8.42 Å². The number of nitrogens with one attached hydrogen (secondary N) is 1. The number of fused-ring (bicyclic) bond motifs is 1. The molecule has 2 N–H and O–H groups in total. The van der Waals surface area contributed by atoms with Crippen LogP contribution in [0.5, 0.6) is 0 Å². The van der Waals surface area contributed by atoms with E-state index in [0.717, 1.165) is 37.7 Å². The van der Waals surface area contributed by atoms with Gasteiger partial charge in [-0.15, -0.1) is 0 Å². The maximum Gasteiger partial charge on any atom is 0.231 e. The van der Waals surface area contributed by atoms with E-state index in [-0.39, 0.29) is 35.7 Å². The zero-order chi connectivity index (χ0) is 19.9. The molecule has 2 aliphatic heterocycles. The number of carbonyl (C=O) groups excluding carboxylic acids is 1. The molecule has 2 heterocycles. The lowest BCUT2D eigenvalue weighted by molar-refractivity contribution is -0.129. The highest BCUT2D eigenvalue weighted by Gasteiger charge is 2.50. The molecule has 154 valence electrons. The van der Waals surface area contributed by atoms with Crippen molar-refractivity contribution in [1.82, 2.24) is 5.32 Å². The van der Waals surface area contributed by atoms with E-state index in [9.17, 15) is 18.3 Å². The van der Waals surface area contributed by atoms with Crippen molar-refractivity contribution in [3.63, 3.8) is 0 Å². The minimum atomic E-state index is -3.28.